The number of hydrogen-bond acceptors (Lipinski definition) is 2. The van der Waals surface area contributed by atoms with E-state index in [1.54, 1.807) is 13.0 Å². The van der Waals surface area contributed by atoms with Gasteiger partial charge in [0.1, 0.15) is 5.75 Å². The Balaban J connectivity index is 2.06. The molecule has 0 amide bonds. The van der Waals surface area contributed by atoms with Crippen molar-refractivity contribution < 1.29 is 5.11 Å². The largest absolute Gasteiger partial charge is 0.508 e. The van der Waals surface area contributed by atoms with E-state index in [-0.39, 0.29) is 11.3 Å². The van der Waals surface area contributed by atoms with Crippen molar-refractivity contribution in [2.75, 3.05) is 0 Å². The van der Waals surface area contributed by atoms with Crippen LogP contribution in [0.1, 0.15) is 5.56 Å². The normalized spacial score (nSPS) is 11.3. The molecule has 0 saturated heterocycles. The molecule has 0 saturated carbocycles. The first-order chi connectivity index (χ1) is 10.6. The summed E-state index contributed by atoms with van der Waals surface area (Å²) in [5.41, 5.74) is 3.69. The number of phenolic OH excluding ortho intramolecular Hbond substituents is 1. The van der Waals surface area contributed by atoms with Crippen LogP contribution in [0.25, 0.3) is 32.9 Å². The molecule has 4 heteroatoms. The number of hydrogen-bond donors (Lipinski definition) is 3. The number of aromatic amines is 2. The molecule has 3 N–H and O–H groups in total. The van der Waals surface area contributed by atoms with Crippen molar-refractivity contribution in [2.24, 2.45) is 0 Å². The predicted molar refractivity (Wildman–Crippen MR) is 88.3 cm³/mol. The van der Waals surface area contributed by atoms with Gasteiger partial charge in [0.05, 0.1) is 5.52 Å². The van der Waals surface area contributed by atoms with E-state index in [0.717, 1.165) is 21.9 Å². The molecule has 0 radical (unpaired) electrons. The Morgan fingerprint density at radius 1 is 1.05 bits per heavy atom. The van der Waals surface area contributed by atoms with Crippen molar-refractivity contribution in [3.05, 3.63) is 64.6 Å². The molecule has 0 unspecified atom stereocenters. The Hall–Kier alpha value is -3.01. The number of aromatic hydroxyl groups is 1. The Bertz CT molecular complexity index is 1070. The molecule has 4 aromatic rings. The first kappa shape index (κ1) is 12.7. The molecular formula is C18H14N2O2. The highest BCUT2D eigenvalue weighted by Crippen LogP contribution is 2.30. The third kappa shape index (κ3) is 1.74. The van der Waals surface area contributed by atoms with E-state index < -0.39 is 0 Å². The lowest BCUT2D eigenvalue weighted by Crippen LogP contribution is -2.09. The van der Waals surface area contributed by atoms with Gasteiger partial charge < -0.3 is 15.1 Å². The standard InChI is InChI=1S/C18H14N2O2/c1-10-16(21)7-6-11-8-13(18(22)20-17(10)11)14-9-19-15-5-3-2-4-12(14)15/h2-9,19,21H,1H3,(H,20,22). The monoisotopic (exact) mass is 290 g/mol. The number of benzene rings is 2. The molecule has 2 heterocycles. The van der Waals surface area contributed by atoms with Crippen LogP contribution < -0.4 is 5.56 Å². The Morgan fingerprint density at radius 2 is 1.86 bits per heavy atom. The van der Waals surface area contributed by atoms with Gasteiger partial charge in [-0.2, -0.15) is 0 Å². The van der Waals surface area contributed by atoms with Gasteiger partial charge in [-0.25, -0.2) is 0 Å². The maximum absolute atomic E-state index is 12.5. The van der Waals surface area contributed by atoms with E-state index in [1.807, 2.05) is 42.6 Å². The summed E-state index contributed by atoms with van der Waals surface area (Å²) < 4.78 is 0. The number of aryl methyl sites for hydroxylation is 1. The van der Waals surface area contributed by atoms with Gasteiger partial charge in [0, 0.05) is 33.8 Å². The molecule has 2 aromatic heterocycles. The smallest absolute Gasteiger partial charge is 0.256 e. The molecular weight excluding hydrogens is 276 g/mol. The van der Waals surface area contributed by atoms with Gasteiger partial charge >= 0.3 is 0 Å². The van der Waals surface area contributed by atoms with Crippen LogP contribution in [0.15, 0.2) is 53.5 Å². The van der Waals surface area contributed by atoms with Crippen LogP contribution >= 0.6 is 0 Å². The van der Waals surface area contributed by atoms with E-state index in [0.29, 0.717) is 16.6 Å². The maximum Gasteiger partial charge on any atom is 0.256 e. The maximum atomic E-state index is 12.5. The van der Waals surface area contributed by atoms with Crippen molar-refractivity contribution >= 4 is 21.8 Å². The molecule has 4 nitrogen and oxygen atoms in total. The topological polar surface area (TPSA) is 68.9 Å². The van der Waals surface area contributed by atoms with Crippen LogP contribution in [-0.4, -0.2) is 15.1 Å². The first-order valence-electron chi connectivity index (χ1n) is 7.07. The second kappa shape index (κ2) is 4.49. The summed E-state index contributed by atoms with van der Waals surface area (Å²) in [4.78, 5) is 18.6. The van der Waals surface area contributed by atoms with Crippen molar-refractivity contribution in [1.29, 1.82) is 0 Å². The van der Waals surface area contributed by atoms with E-state index >= 15 is 0 Å². The van der Waals surface area contributed by atoms with Crippen LogP contribution in [0, 0.1) is 6.92 Å². The highest BCUT2D eigenvalue weighted by Gasteiger charge is 2.12. The fourth-order valence-electron chi connectivity index (χ4n) is 2.90. The minimum absolute atomic E-state index is 0.161. The zero-order valence-electron chi connectivity index (χ0n) is 12.0. The quantitative estimate of drug-likeness (QED) is 0.500. The fraction of sp³-hybridized carbons (Fsp3) is 0.0556. The predicted octanol–water partition coefficient (Wildman–Crippen LogP) is 3.69. The average Bonchev–Trinajstić information content (AvgIpc) is 2.95. The van der Waals surface area contributed by atoms with Crippen LogP contribution in [0.2, 0.25) is 0 Å². The zero-order chi connectivity index (χ0) is 15.3. The fourth-order valence-corrected chi connectivity index (χ4v) is 2.90. The molecule has 0 aliphatic heterocycles. The number of fused-ring (bicyclic) bond motifs is 2. The van der Waals surface area contributed by atoms with Crippen molar-refractivity contribution in [2.45, 2.75) is 6.92 Å². The molecule has 0 atom stereocenters. The van der Waals surface area contributed by atoms with Crippen LogP contribution in [0.4, 0.5) is 0 Å². The molecule has 0 aliphatic rings. The SMILES string of the molecule is Cc1c(O)ccc2cc(-c3c[nH]c4ccccc34)c(=O)[nH]c12. The van der Waals surface area contributed by atoms with Crippen LogP contribution in [-0.2, 0) is 0 Å². The number of pyridine rings is 1. The molecule has 0 aliphatic carbocycles. The van der Waals surface area contributed by atoms with E-state index in [9.17, 15) is 9.90 Å². The number of aromatic nitrogens is 2. The highest BCUT2D eigenvalue weighted by atomic mass is 16.3. The number of para-hydroxylation sites is 1. The third-order valence-electron chi connectivity index (χ3n) is 4.13. The summed E-state index contributed by atoms with van der Waals surface area (Å²) in [5, 5.41) is 11.7. The summed E-state index contributed by atoms with van der Waals surface area (Å²) in [6.07, 6.45) is 1.86. The Kier molecular flexibility index (Phi) is 2.60. The lowest BCUT2D eigenvalue weighted by atomic mass is 10.0. The van der Waals surface area contributed by atoms with Crippen LogP contribution in [0.3, 0.4) is 0 Å². The van der Waals surface area contributed by atoms with Gasteiger partial charge in [-0.15, -0.1) is 0 Å². The van der Waals surface area contributed by atoms with Crippen molar-refractivity contribution in [1.82, 2.24) is 9.97 Å². The zero-order valence-corrected chi connectivity index (χ0v) is 12.0. The molecule has 4 rings (SSSR count). The van der Waals surface area contributed by atoms with Gasteiger partial charge in [-0.05, 0) is 36.6 Å². The summed E-state index contributed by atoms with van der Waals surface area (Å²) in [5.74, 6) is 0.183. The average molecular weight is 290 g/mol. The van der Waals surface area contributed by atoms with Gasteiger partial charge in [0.15, 0.2) is 0 Å². The molecule has 0 fully saturated rings. The second-order valence-corrected chi connectivity index (χ2v) is 5.43. The molecule has 0 spiro atoms. The van der Waals surface area contributed by atoms with Crippen LogP contribution in [0.5, 0.6) is 5.75 Å². The first-order valence-corrected chi connectivity index (χ1v) is 7.07. The Morgan fingerprint density at radius 3 is 2.73 bits per heavy atom. The molecule has 0 bridgehead atoms. The lowest BCUT2D eigenvalue weighted by Gasteiger charge is -2.06. The highest BCUT2D eigenvalue weighted by molar-refractivity contribution is 5.97. The summed E-state index contributed by atoms with van der Waals surface area (Å²) >= 11 is 0. The van der Waals surface area contributed by atoms with E-state index in [2.05, 4.69) is 9.97 Å². The minimum Gasteiger partial charge on any atom is -0.508 e. The number of H-pyrrole nitrogens is 2. The van der Waals surface area contributed by atoms with E-state index in [4.69, 9.17) is 0 Å². The second-order valence-electron chi connectivity index (χ2n) is 5.43. The van der Waals surface area contributed by atoms with Gasteiger partial charge in [-0.3, -0.25) is 4.79 Å². The number of phenols is 1. The summed E-state index contributed by atoms with van der Waals surface area (Å²) in [6, 6.07) is 13.2. The molecule has 108 valence electrons. The van der Waals surface area contributed by atoms with Gasteiger partial charge in [0.2, 0.25) is 0 Å². The number of nitrogens with one attached hydrogen (secondary N) is 2. The molecule has 22 heavy (non-hydrogen) atoms. The minimum atomic E-state index is -0.161. The third-order valence-corrected chi connectivity index (χ3v) is 4.13. The number of rotatable bonds is 1. The van der Waals surface area contributed by atoms with Crippen molar-refractivity contribution in [3.63, 3.8) is 0 Å². The van der Waals surface area contributed by atoms with E-state index in [1.165, 1.54) is 0 Å². The summed E-state index contributed by atoms with van der Waals surface area (Å²) in [7, 11) is 0. The Labute approximate surface area is 126 Å². The molecule has 2 aromatic carbocycles. The van der Waals surface area contributed by atoms with Crippen molar-refractivity contribution in [3.8, 4) is 16.9 Å². The van der Waals surface area contributed by atoms with Gasteiger partial charge in [-0.1, -0.05) is 18.2 Å². The summed E-state index contributed by atoms with van der Waals surface area (Å²) in [6.45, 7) is 1.79. The van der Waals surface area contributed by atoms with Gasteiger partial charge in [0.25, 0.3) is 5.56 Å². The lowest BCUT2D eigenvalue weighted by molar-refractivity contribution is 0.472.